The van der Waals surface area contributed by atoms with Gasteiger partial charge in [0.2, 0.25) is 0 Å². The first kappa shape index (κ1) is 12.2. The van der Waals surface area contributed by atoms with E-state index in [1.165, 1.54) is 31.2 Å². The third-order valence-corrected chi connectivity index (χ3v) is 2.72. The molecule has 4 heteroatoms. The highest BCUT2D eigenvalue weighted by Crippen LogP contribution is 2.32. The molecular weight excluding hydrogens is 226 g/mol. The van der Waals surface area contributed by atoms with Crippen LogP contribution in [0.15, 0.2) is 24.3 Å². The van der Waals surface area contributed by atoms with Gasteiger partial charge < -0.3 is 4.74 Å². The molecule has 1 aromatic carbocycles. The number of halogens is 2. The lowest BCUT2D eigenvalue weighted by Gasteiger charge is -2.17. The van der Waals surface area contributed by atoms with E-state index in [4.69, 9.17) is 4.74 Å². The van der Waals surface area contributed by atoms with Crippen LogP contribution in [0.4, 0.5) is 8.78 Å². The normalized spacial score (nSPS) is 15.9. The number of carbonyl (C=O) groups is 1. The lowest BCUT2D eigenvalue weighted by atomic mass is 10.0. The van der Waals surface area contributed by atoms with E-state index >= 15 is 0 Å². The number of ether oxygens (including phenoxy) is 1. The molecule has 0 aromatic heterocycles. The largest absolute Gasteiger partial charge is 0.372 e. The quantitative estimate of drug-likeness (QED) is 0.739. The Hall–Kier alpha value is -1.29. The molecule has 2 rings (SSSR count). The van der Waals surface area contributed by atoms with Gasteiger partial charge in [-0.15, -0.1) is 0 Å². The van der Waals surface area contributed by atoms with Crippen LogP contribution in [0.2, 0.25) is 0 Å². The summed E-state index contributed by atoms with van der Waals surface area (Å²) >= 11 is 0. The molecule has 1 fully saturated rings. The first-order valence-corrected chi connectivity index (χ1v) is 5.60. The maximum atomic E-state index is 13.8. The van der Waals surface area contributed by atoms with Crippen LogP contribution in [0.25, 0.3) is 0 Å². The number of hydrogen-bond donors (Lipinski definition) is 0. The minimum absolute atomic E-state index is 0.00290. The van der Waals surface area contributed by atoms with Crippen LogP contribution in [0.5, 0.6) is 0 Å². The van der Waals surface area contributed by atoms with Crippen molar-refractivity contribution in [3.63, 3.8) is 0 Å². The summed E-state index contributed by atoms with van der Waals surface area (Å²) in [5, 5.41) is 0. The number of carbonyl (C=O) groups excluding carboxylic acids is 1. The Bertz CT molecular complexity index is 425. The summed E-state index contributed by atoms with van der Waals surface area (Å²) in [6, 6.07) is 5.56. The Morgan fingerprint density at radius 3 is 2.76 bits per heavy atom. The van der Waals surface area contributed by atoms with E-state index in [0.29, 0.717) is 5.56 Å². The average molecular weight is 240 g/mol. The first-order valence-electron chi connectivity index (χ1n) is 5.60. The van der Waals surface area contributed by atoms with E-state index in [9.17, 15) is 13.6 Å². The molecule has 2 nitrogen and oxygen atoms in total. The van der Waals surface area contributed by atoms with Crippen molar-refractivity contribution < 1.29 is 18.3 Å². The molecule has 1 aliphatic rings. The number of ketones is 1. The highest BCUT2D eigenvalue weighted by molar-refractivity contribution is 5.94. The monoisotopic (exact) mass is 240 g/mol. The highest BCUT2D eigenvalue weighted by atomic mass is 19.3. The predicted molar refractivity (Wildman–Crippen MR) is 59.3 cm³/mol. The standard InChI is InChI=1S/C13H14F2O2/c1-9(16)10-3-2-4-11(7-10)13(14,15)8-17-12-5-6-12/h2-4,7,12H,5-6,8H2,1H3. The molecule has 17 heavy (non-hydrogen) atoms. The van der Waals surface area contributed by atoms with Crippen LogP contribution in [0.1, 0.15) is 35.7 Å². The zero-order valence-corrected chi connectivity index (χ0v) is 9.58. The lowest BCUT2D eigenvalue weighted by Crippen LogP contribution is -2.22. The third-order valence-electron chi connectivity index (χ3n) is 2.72. The molecule has 0 saturated heterocycles. The van der Waals surface area contributed by atoms with Gasteiger partial charge >= 0.3 is 0 Å². The van der Waals surface area contributed by atoms with Gasteiger partial charge in [-0.25, -0.2) is 0 Å². The smallest absolute Gasteiger partial charge is 0.296 e. The van der Waals surface area contributed by atoms with Crippen molar-refractivity contribution in [1.82, 2.24) is 0 Å². The lowest BCUT2D eigenvalue weighted by molar-refractivity contribution is -0.0873. The van der Waals surface area contributed by atoms with Crippen molar-refractivity contribution in [3.05, 3.63) is 35.4 Å². The molecule has 1 aromatic rings. The molecule has 0 atom stereocenters. The zero-order valence-electron chi connectivity index (χ0n) is 9.58. The summed E-state index contributed by atoms with van der Waals surface area (Å²) in [6.45, 7) is 0.747. The minimum Gasteiger partial charge on any atom is -0.372 e. The number of Topliss-reactive ketones (excluding diaryl/α,β-unsaturated/α-hetero) is 1. The average Bonchev–Trinajstić information content (AvgIpc) is 3.10. The molecule has 0 unspecified atom stereocenters. The Morgan fingerprint density at radius 2 is 2.18 bits per heavy atom. The minimum atomic E-state index is -3.03. The molecule has 0 heterocycles. The summed E-state index contributed by atoms with van der Waals surface area (Å²) in [4.78, 5) is 11.1. The molecule has 0 bridgehead atoms. The first-order chi connectivity index (χ1) is 7.99. The Kier molecular flexibility index (Phi) is 3.24. The Balaban J connectivity index is 2.12. The number of alkyl halides is 2. The molecule has 1 aliphatic carbocycles. The van der Waals surface area contributed by atoms with Gasteiger partial charge in [0, 0.05) is 11.1 Å². The molecule has 0 amide bonds. The topological polar surface area (TPSA) is 26.3 Å². The van der Waals surface area contributed by atoms with Gasteiger partial charge in [0.05, 0.1) is 6.10 Å². The molecule has 0 radical (unpaired) electrons. The van der Waals surface area contributed by atoms with Crippen molar-refractivity contribution in [2.75, 3.05) is 6.61 Å². The van der Waals surface area contributed by atoms with Crippen molar-refractivity contribution in [1.29, 1.82) is 0 Å². The predicted octanol–water partition coefficient (Wildman–Crippen LogP) is 3.16. The fourth-order valence-corrected chi connectivity index (χ4v) is 1.51. The summed E-state index contributed by atoms with van der Waals surface area (Å²) in [5.41, 5.74) is 0.138. The molecular formula is C13H14F2O2. The summed E-state index contributed by atoms with van der Waals surface area (Å²) < 4.78 is 32.5. The maximum absolute atomic E-state index is 13.8. The van der Waals surface area contributed by atoms with Gasteiger partial charge in [-0.05, 0) is 25.8 Å². The van der Waals surface area contributed by atoms with Crippen molar-refractivity contribution in [2.24, 2.45) is 0 Å². The van der Waals surface area contributed by atoms with Gasteiger partial charge in [0.1, 0.15) is 6.61 Å². The van der Waals surface area contributed by atoms with Crippen molar-refractivity contribution in [2.45, 2.75) is 31.8 Å². The van der Waals surface area contributed by atoms with Crippen LogP contribution in [-0.4, -0.2) is 18.5 Å². The van der Waals surface area contributed by atoms with E-state index in [-0.39, 0.29) is 17.5 Å². The fraction of sp³-hybridized carbons (Fsp3) is 0.462. The Labute approximate surface area is 98.6 Å². The van der Waals surface area contributed by atoms with Crippen LogP contribution in [0, 0.1) is 0 Å². The van der Waals surface area contributed by atoms with Crippen LogP contribution in [-0.2, 0) is 10.7 Å². The summed E-state index contributed by atoms with van der Waals surface area (Å²) in [6.07, 6.45) is 1.73. The van der Waals surface area contributed by atoms with Gasteiger partial charge in [-0.3, -0.25) is 4.79 Å². The summed E-state index contributed by atoms with van der Waals surface area (Å²) in [7, 11) is 0. The second kappa shape index (κ2) is 4.53. The number of benzene rings is 1. The fourth-order valence-electron chi connectivity index (χ4n) is 1.51. The molecule has 1 saturated carbocycles. The van der Waals surface area contributed by atoms with Gasteiger partial charge in [-0.2, -0.15) is 8.78 Å². The van der Waals surface area contributed by atoms with Gasteiger partial charge in [0.15, 0.2) is 5.78 Å². The van der Waals surface area contributed by atoms with E-state index < -0.39 is 12.5 Å². The second-order valence-corrected chi connectivity index (χ2v) is 4.35. The van der Waals surface area contributed by atoms with E-state index in [1.54, 1.807) is 0 Å². The Morgan fingerprint density at radius 1 is 1.47 bits per heavy atom. The van der Waals surface area contributed by atoms with Gasteiger partial charge in [0.25, 0.3) is 5.92 Å². The highest BCUT2D eigenvalue weighted by Gasteiger charge is 2.35. The van der Waals surface area contributed by atoms with Crippen LogP contribution >= 0.6 is 0 Å². The van der Waals surface area contributed by atoms with E-state index in [0.717, 1.165) is 12.8 Å². The zero-order chi connectivity index (χ0) is 12.5. The van der Waals surface area contributed by atoms with E-state index in [1.807, 2.05) is 0 Å². The number of hydrogen-bond acceptors (Lipinski definition) is 2. The van der Waals surface area contributed by atoms with Crippen LogP contribution < -0.4 is 0 Å². The molecule has 0 N–H and O–H groups in total. The number of rotatable bonds is 5. The van der Waals surface area contributed by atoms with Gasteiger partial charge in [-0.1, -0.05) is 18.2 Å². The maximum Gasteiger partial charge on any atom is 0.296 e. The van der Waals surface area contributed by atoms with E-state index in [2.05, 4.69) is 0 Å². The second-order valence-electron chi connectivity index (χ2n) is 4.35. The van der Waals surface area contributed by atoms with Crippen molar-refractivity contribution >= 4 is 5.78 Å². The third kappa shape index (κ3) is 3.09. The molecule has 0 aliphatic heterocycles. The van der Waals surface area contributed by atoms with Crippen LogP contribution in [0.3, 0.4) is 0 Å². The molecule has 0 spiro atoms. The van der Waals surface area contributed by atoms with Crippen molar-refractivity contribution in [3.8, 4) is 0 Å². The SMILES string of the molecule is CC(=O)c1cccc(C(F)(F)COC2CC2)c1. The molecule has 92 valence electrons. The summed E-state index contributed by atoms with van der Waals surface area (Å²) in [5.74, 6) is -3.25.